The van der Waals surface area contributed by atoms with Gasteiger partial charge in [-0.1, -0.05) is 0 Å². The Hall–Kier alpha value is -2.89. The van der Waals surface area contributed by atoms with Crippen molar-refractivity contribution >= 4 is 5.91 Å². The molecule has 100 valence electrons. The van der Waals surface area contributed by atoms with Crippen molar-refractivity contribution in [1.82, 2.24) is 19.7 Å². The Bertz CT molecular complexity index is 714. The van der Waals surface area contributed by atoms with Gasteiger partial charge in [0.1, 0.15) is 17.8 Å². The monoisotopic (exact) mass is 268 g/mol. The summed E-state index contributed by atoms with van der Waals surface area (Å²) in [6.07, 6.45) is 4.60. The number of H-pyrrole nitrogens is 1. The van der Waals surface area contributed by atoms with E-state index in [1.54, 1.807) is 25.6 Å². The molecule has 20 heavy (non-hydrogen) atoms. The molecule has 3 rings (SSSR count). The number of hydrogen-bond donors (Lipinski definition) is 1. The fraction of sp³-hybridized carbons (Fsp3) is 0.0714. The summed E-state index contributed by atoms with van der Waals surface area (Å²) in [5.41, 5.74) is 2.02. The van der Waals surface area contributed by atoms with E-state index in [0.717, 1.165) is 11.3 Å². The molecule has 0 bridgehead atoms. The van der Waals surface area contributed by atoms with Gasteiger partial charge >= 0.3 is 0 Å². The molecule has 0 aliphatic rings. The lowest BCUT2D eigenvalue weighted by atomic mass is 10.1. The second kappa shape index (κ2) is 5.00. The zero-order valence-electron chi connectivity index (χ0n) is 10.8. The number of aromatic nitrogens is 4. The lowest BCUT2D eigenvalue weighted by Gasteiger charge is -2.00. The summed E-state index contributed by atoms with van der Waals surface area (Å²) in [6, 6.07) is 9.19. The van der Waals surface area contributed by atoms with Gasteiger partial charge in [-0.05, 0) is 30.3 Å². The Morgan fingerprint density at radius 3 is 2.75 bits per heavy atom. The van der Waals surface area contributed by atoms with Gasteiger partial charge in [-0.25, -0.2) is 4.98 Å². The predicted octanol–water partition coefficient (Wildman–Crippen LogP) is 1.97. The summed E-state index contributed by atoms with van der Waals surface area (Å²) in [7, 11) is 1.62. The topological polar surface area (TPSA) is 72.8 Å². The zero-order valence-corrected chi connectivity index (χ0v) is 10.8. The number of carbonyl (C=O) groups is 1. The van der Waals surface area contributed by atoms with Crippen molar-refractivity contribution in [2.75, 3.05) is 7.11 Å². The van der Waals surface area contributed by atoms with E-state index in [2.05, 4.69) is 15.2 Å². The number of methoxy groups -OCH3 is 1. The molecule has 0 saturated carbocycles. The first-order valence-corrected chi connectivity index (χ1v) is 6.00. The number of ether oxygens (including phenoxy) is 1. The number of benzene rings is 1. The molecular weight excluding hydrogens is 256 g/mol. The summed E-state index contributed by atoms with van der Waals surface area (Å²) in [4.78, 5) is 15.9. The maximum absolute atomic E-state index is 12.1. The number of imidazole rings is 1. The maximum atomic E-state index is 12.1. The van der Waals surface area contributed by atoms with Gasteiger partial charge in [0.15, 0.2) is 0 Å². The maximum Gasteiger partial charge on any atom is 0.281 e. The summed E-state index contributed by atoms with van der Waals surface area (Å²) in [6.45, 7) is 0. The first kappa shape index (κ1) is 12.2. The Labute approximate surface area is 115 Å². The number of carbonyl (C=O) groups excluding carboxylic acids is 1. The van der Waals surface area contributed by atoms with Crippen LogP contribution in [0.15, 0.2) is 49.1 Å². The molecule has 2 heterocycles. The van der Waals surface area contributed by atoms with Crippen LogP contribution in [0.1, 0.15) is 10.5 Å². The van der Waals surface area contributed by atoms with Crippen molar-refractivity contribution in [3.63, 3.8) is 0 Å². The van der Waals surface area contributed by atoms with Crippen LogP contribution < -0.4 is 4.74 Å². The highest BCUT2D eigenvalue weighted by atomic mass is 16.5. The fourth-order valence-corrected chi connectivity index (χ4v) is 1.86. The second-order valence-electron chi connectivity index (χ2n) is 4.17. The smallest absolute Gasteiger partial charge is 0.281 e. The summed E-state index contributed by atoms with van der Waals surface area (Å²) < 4.78 is 6.50. The first-order chi connectivity index (χ1) is 9.78. The molecule has 2 aromatic heterocycles. The van der Waals surface area contributed by atoms with E-state index in [-0.39, 0.29) is 5.91 Å². The largest absolute Gasteiger partial charge is 0.497 e. The Morgan fingerprint density at radius 2 is 2.10 bits per heavy atom. The van der Waals surface area contributed by atoms with Crippen LogP contribution >= 0.6 is 0 Å². The lowest BCUT2D eigenvalue weighted by molar-refractivity contribution is 0.0955. The van der Waals surface area contributed by atoms with Gasteiger partial charge in [0, 0.05) is 18.0 Å². The van der Waals surface area contributed by atoms with Crippen LogP contribution in [0.5, 0.6) is 5.75 Å². The molecule has 1 aromatic carbocycles. The second-order valence-corrected chi connectivity index (χ2v) is 4.17. The SMILES string of the molecule is COc1ccc(-c2cc(C(=O)n3ccnc3)[nH]n2)cc1. The zero-order chi connectivity index (χ0) is 13.9. The van der Waals surface area contributed by atoms with Crippen LogP contribution in [0, 0.1) is 0 Å². The van der Waals surface area contributed by atoms with Gasteiger partial charge in [-0.15, -0.1) is 0 Å². The van der Waals surface area contributed by atoms with Gasteiger partial charge in [-0.3, -0.25) is 14.5 Å². The van der Waals surface area contributed by atoms with Crippen LogP contribution in [-0.2, 0) is 0 Å². The van der Waals surface area contributed by atoms with Crippen LogP contribution in [0.2, 0.25) is 0 Å². The average Bonchev–Trinajstić information content (AvgIpc) is 3.18. The minimum Gasteiger partial charge on any atom is -0.497 e. The van der Waals surface area contributed by atoms with Crippen molar-refractivity contribution < 1.29 is 9.53 Å². The summed E-state index contributed by atoms with van der Waals surface area (Å²) >= 11 is 0. The highest BCUT2D eigenvalue weighted by Crippen LogP contribution is 2.21. The van der Waals surface area contributed by atoms with Gasteiger partial charge in [0.05, 0.1) is 12.8 Å². The lowest BCUT2D eigenvalue weighted by Crippen LogP contribution is -2.09. The van der Waals surface area contributed by atoms with Crippen molar-refractivity contribution in [1.29, 1.82) is 0 Å². The van der Waals surface area contributed by atoms with E-state index in [1.165, 1.54) is 10.9 Å². The van der Waals surface area contributed by atoms with Crippen LogP contribution in [-0.4, -0.2) is 32.8 Å². The fourth-order valence-electron chi connectivity index (χ4n) is 1.86. The minimum atomic E-state index is -0.199. The third-order valence-corrected chi connectivity index (χ3v) is 2.93. The third-order valence-electron chi connectivity index (χ3n) is 2.93. The highest BCUT2D eigenvalue weighted by molar-refractivity contribution is 5.94. The molecule has 0 aliphatic carbocycles. The predicted molar refractivity (Wildman–Crippen MR) is 72.5 cm³/mol. The van der Waals surface area contributed by atoms with E-state index in [9.17, 15) is 4.79 Å². The molecule has 0 aliphatic heterocycles. The number of nitrogens with zero attached hydrogens (tertiary/aromatic N) is 3. The molecule has 6 heteroatoms. The molecule has 0 unspecified atom stereocenters. The highest BCUT2D eigenvalue weighted by Gasteiger charge is 2.12. The van der Waals surface area contributed by atoms with E-state index in [0.29, 0.717) is 11.4 Å². The van der Waals surface area contributed by atoms with Crippen molar-refractivity contribution in [2.24, 2.45) is 0 Å². The molecule has 3 aromatic rings. The molecule has 0 amide bonds. The van der Waals surface area contributed by atoms with Gasteiger partial charge in [-0.2, -0.15) is 5.10 Å². The van der Waals surface area contributed by atoms with Gasteiger partial charge in [0.2, 0.25) is 0 Å². The van der Waals surface area contributed by atoms with E-state index < -0.39 is 0 Å². The van der Waals surface area contributed by atoms with Crippen LogP contribution in [0.3, 0.4) is 0 Å². The quantitative estimate of drug-likeness (QED) is 0.788. The average molecular weight is 268 g/mol. The molecule has 0 saturated heterocycles. The number of rotatable bonds is 3. The van der Waals surface area contributed by atoms with Crippen molar-refractivity contribution in [3.05, 3.63) is 54.7 Å². The number of hydrogen-bond acceptors (Lipinski definition) is 4. The first-order valence-electron chi connectivity index (χ1n) is 6.00. The summed E-state index contributed by atoms with van der Waals surface area (Å²) in [5, 5.41) is 6.89. The standard InChI is InChI=1S/C14H12N4O2/c1-20-11-4-2-10(3-5-11)12-8-13(17-16-12)14(19)18-7-6-15-9-18/h2-9H,1H3,(H,16,17). The van der Waals surface area contributed by atoms with E-state index in [1.807, 2.05) is 24.3 Å². The molecule has 1 N–H and O–H groups in total. The molecular formula is C14H12N4O2. The Kier molecular flexibility index (Phi) is 3.04. The van der Waals surface area contributed by atoms with Gasteiger partial charge < -0.3 is 4.74 Å². The Balaban J connectivity index is 1.88. The molecule has 0 atom stereocenters. The summed E-state index contributed by atoms with van der Waals surface area (Å²) in [5.74, 6) is 0.578. The molecule has 0 fully saturated rings. The minimum absolute atomic E-state index is 0.199. The van der Waals surface area contributed by atoms with Crippen molar-refractivity contribution in [2.45, 2.75) is 0 Å². The van der Waals surface area contributed by atoms with E-state index >= 15 is 0 Å². The van der Waals surface area contributed by atoms with E-state index in [4.69, 9.17) is 4.74 Å². The molecule has 0 spiro atoms. The van der Waals surface area contributed by atoms with Crippen molar-refractivity contribution in [3.8, 4) is 17.0 Å². The molecule has 0 radical (unpaired) electrons. The van der Waals surface area contributed by atoms with Crippen LogP contribution in [0.4, 0.5) is 0 Å². The van der Waals surface area contributed by atoms with Crippen LogP contribution in [0.25, 0.3) is 11.3 Å². The third kappa shape index (κ3) is 2.18. The normalized spacial score (nSPS) is 10.4. The number of aromatic amines is 1. The number of nitrogens with one attached hydrogen (secondary N) is 1. The Morgan fingerprint density at radius 1 is 1.30 bits per heavy atom. The van der Waals surface area contributed by atoms with Gasteiger partial charge in [0.25, 0.3) is 5.91 Å². The molecule has 6 nitrogen and oxygen atoms in total.